The first-order chi connectivity index (χ1) is 18.4. The minimum Gasteiger partial charge on any atom is -0.473 e. The molecule has 1 aliphatic heterocycles. The fourth-order valence-electron chi connectivity index (χ4n) is 3.10. The Morgan fingerprint density at radius 3 is 1.90 bits per heavy atom. The molecule has 0 radical (unpaired) electrons. The normalized spacial score (nSPS) is 13.1. The SMILES string of the molecule is CCOC(=O)c1c(-c2ccco2)csc1NC(=O)CN1CCN(CC)CC1.O=C(O)C(=O)O.O=C(O)C(=O)O. The molecule has 0 saturated carbocycles. The molecule has 3 heterocycles. The van der Waals surface area contributed by atoms with Crippen molar-refractivity contribution in [2.24, 2.45) is 0 Å². The molecule has 1 saturated heterocycles. The van der Waals surface area contributed by atoms with E-state index in [1.54, 1.807) is 30.7 Å². The molecule has 1 fully saturated rings. The molecule has 5 N–H and O–H groups in total. The van der Waals surface area contributed by atoms with Gasteiger partial charge in [0.1, 0.15) is 16.3 Å². The van der Waals surface area contributed by atoms with Crippen LogP contribution in [0.3, 0.4) is 0 Å². The number of anilines is 1. The van der Waals surface area contributed by atoms with Gasteiger partial charge in [-0.25, -0.2) is 24.0 Å². The Morgan fingerprint density at radius 1 is 0.923 bits per heavy atom. The lowest BCUT2D eigenvalue weighted by atomic mass is 10.1. The number of hydrogen-bond acceptors (Lipinski definition) is 11. The molecule has 0 bridgehead atoms. The number of nitrogens with zero attached hydrogens (tertiary/aromatic N) is 2. The second-order valence-electron chi connectivity index (χ2n) is 7.53. The van der Waals surface area contributed by atoms with Gasteiger partial charge in [-0.15, -0.1) is 11.3 Å². The third-order valence-electron chi connectivity index (χ3n) is 4.96. The lowest BCUT2D eigenvalue weighted by Gasteiger charge is -2.33. The van der Waals surface area contributed by atoms with Crippen molar-refractivity contribution in [3.63, 3.8) is 0 Å². The van der Waals surface area contributed by atoms with Crippen LogP contribution in [0.15, 0.2) is 28.2 Å². The molecule has 214 valence electrons. The van der Waals surface area contributed by atoms with E-state index < -0.39 is 29.8 Å². The molecule has 0 spiro atoms. The van der Waals surface area contributed by atoms with Crippen molar-refractivity contribution >= 4 is 52.1 Å². The van der Waals surface area contributed by atoms with Crippen molar-refractivity contribution in [3.8, 4) is 11.3 Å². The van der Waals surface area contributed by atoms with E-state index in [0.717, 1.165) is 32.7 Å². The van der Waals surface area contributed by atoms with Crippen LogP contribution >= 0.6 is 11.3 Å². The van der Waals surface area contributed by atoms with Crippen molar-refractivity contribution in [2.45, 2.75) is 13.8 Å². The van der Waals surface area contributed by atoms with E-state index in [1.807, 2.05) is 0 Å². The van der Waals surface area contributed by atoms with Gasteiger partial charge in [0.2, 0.25) is 5.91 Å². The van der Waals surface area contributed by atoms with Crippen LogP contribution in [0.4, 0.5) is 5.00 Å². The fourth-order valence-corrected chi connectivity index (χ4v) is 4.06. The standard InChI is InChI=1S/C19H25N3O4S.2C2H2O4/c1-3-21-7-9-22(10-8-21)12-16(23)20-18-17(19(24)25-4-2)14(13-27-18)15-6-5-11-26-15;2*3-1(4)2(5)6/h5-6,11,13H,3-4,7-10,12H2,1-2H3,(H,20,23);2*(H,3,4)(H,5,6). The molecular weight excluding hydrogens is 542 g/mol. The van der Waals surface area contributed by atoms with Gasteiger partial charge in [-0.1, -0.05) is 6.92 Å². The minimum atomic E-state index is -1.82. The summed E-state index contributed by atoms with van der Waals surface area (Å²) in [4.78, 5) is 65.9. The average Bonchev–Trinajstić information content (AvgIpc) is 3.55. The van der Waals surface area contributed by atoms with E-state index in [0.29, 0.717) is 28.4 Å². The van der Waals surface area contributed by atoms with E-state index in [9.17, 15) is 9.59 Å². The molecule has 2 aromatic rings. The Morgan fingerprint density at radius 2 is 1.46 bits per heavy atom. The van der Waals surface area contributed by atoms with Crippen LogP contribution in [0.1, 0.15) is 24.2 Å². The monoisotopic (exact) mass is 571 g/mol. The van der Waals surface area contributed by atoms with Gasteiger partial charge in [-0.3, -0.25) is 9.69 Å². The zero-order valence-corrected chi connectivity index (χ0v) is 21.9. The van der Waals surface area contributed by atoms with Gasteiger partial charge >= 0.3 is 29.8 Å². The molecule has 1 amide bonds. The number of esters is 1. The maximum absolute atomic E-state index is 12.5. The zero-order chi connectivity index (χ0) is 29.5. The number of aliphatic carboxylic acids is 4. The highest BCUT2D eigenvalue weighted by Gasteiger charge is 2.25. The molecule has 3 rings (SSSR count). The summed E-state index contributed by atoms with van der Waals surface area (Å²) in [5.41, 5.74) is 0.983. The van der Waals surface area contributed by atoms with Crippen molar-refractivity contribution in [1.82, 2.24) is 9.80 Å². The number of nitrogens with one attached hydrogen (secondary N) is 1. The average molecular weight is 572 g/mol. The predicted molar refractivity (Wildman–Crippen MR) is 136 cm³/mol. The molecule has 0 atom stereocenters. The number of carbonyl (C=O) groups excluding carboxylic acids is 2. The van der Waals surface area contributed by atoms with Crippen LogP contribution in [0.2, 0.25) is 0 Å². The molecule has 15 nitrogen and oxygen atoms in total. The molecular formula is C23H29N3O12S. The van der Waals surface area contributed by atoms with Gasteiger partial charge in [0, 0.05) is 37.1 Å². The van der Waals surface area contributed by atoms with Gasteiger partial charge < -0.3 is 39.8 Å². The number of thiophene rings is 1. The van der Waals surface area contributed by atoms with Crippen LogP contribution in [-0.2, 0) is 28.7 Å². The molecule has 39 heavy (non-hydrogen) atoms. The lowest BCUT2D eigenvalue weighted by molar-refractivity contribution is -0.159. The third-order valence-corrected chi connectivity index (χ3v) is 5.85. The summed E-state index contributed by atoms with van der Waals surface area (Å²) in [6.45, 7) is 9.20. The third kappa shape index (κ3) is 11.3. The summed E-state index contributed by atoms with van der Waals surface area (Å²) in [7, 11) is 0. The van der Waals surface area contributed by atoms with E-state index in [1.165, 1.54) is 11.3 Å². The zero-order valence-electron chi connectivity index (χ0n) is 21.1. The number of carboxylic acid groups (broad SMARTS) is 4. The molecule has 16 heteroatoms. The highest BCUT2D eigenvalue weighted by Crippen LogP contribution is 2.36. The second-order valence-corrected chi connectivity index (χ2v) is 8.41. The summed E-state index contributed by atoms with van der Waals surface area (Å²) in [6.07, 6.45) is 1.55. The number of ether oxygens (including phenoxy) is 1. The second kappa shape index (κ2) is 16.5. The van der Waals surface area contributed by atoms with E-state index >= 15 is 0 Å². The van der Waals surface area contributed by atoms with Gasteiger partial charge in [0.25, 0.3) is 0 Å². The van der Waals surface area contributed by atoms with Crippen LogP contribution in [0.25, 0.3) is 11.3 Å². The van der Waals surface area contributed by atoms with E-state index in [2.05, 4.69) is 22.0 Å². The Hall–Kier alpha value is -4.28. The van der Waals surface area contributed by atoms with Crippen LogP contribution < -0.4 is 5.32 Å². The maximum atomic E-state index is 12.5. The van der Waals surface area contributed by atoms with Gasteiger partial charge in [0.15, 0.2) is 0 Å². The van der Waals surface area contributed by atoms with Crippen molar-refractivity contribution in [2.75, 3.05) is 51.2 Å². The van der Waals surface area contributed by atoms with E-state index in [-0.39, 0.29) is 12.5 Å². The highest BCUT2D eigenvalue weighted by molar-refractivity contribution is 7.15. The maximum Gasteiger partial charge on any atom is 0.414 e. The summed E-state index contributed by atoms with van der Waals surface area (Å²) < 4.78 is 10.6. The molecule has 0 aliphatic carbocycles. The van der Waals surface area contributed by atoms with Crippen molar-refractivity contribution < 1.29 is 58.3 Å². The number of rotatable bonds is 7. The quantitative estimate of drug-likeness (QED) is 0.232. The Bertz CT molecular complexity index is 1090. The number of hydrogen-bond donors (Lipinski definition) is 5. The number of amides is 1. The van der Waals surface area contributed by atoms with Crippen LogP contribution in [-0.4, -0.2) is 112 Å². The number of carbonyl (C=O) groups is 6. The number of likely N-dealkylation sites (N-methyl/N-ethyl adjacent to an activating group) is 1. The highest BCUT2D eigenvalue weighted by atomic mass is 32.1. The van der Waals surface area contributed by atoms with Gasteiger partial charge in [-0.05, 0) is 25.6 Å². The molecule has 0 aromatic carbocycles. The molecule has 1 aliphatic rings. The molecule has 2 aromatic heterocycles. The first-order valence-corrected chi connectivity index (χ1v) is 12.3. The minimum absolute atomic E-state index is 0.127. The lowest BCUT2D eigenvalue weighted by Crippen LogP contribution is -2.48. The molecule has 0 unspecified atom stereocenters. The fraction of sp³-hybridized carbons (Fsp3) is 0.391. The number of furan rings is 1. The summed E-state index contributed by atoms with van der Waals surface area (Å²) in [6, 6.07) is 3.54. The Balaban J connectivity index is 0.000000530. The largest absolute Gasteiger partial charge is 0.473 e. The Kier molecular flexibility index (Phi) is 13.9. The predicted octanol–water partition coefficient (Wildman–Crippen LogP) is 1.07. The van der Waals surface area contributed by atoms with E-state index in [4.69, 9.17) is 48.8 Å². The van der Waals surface area contributed by atoms with Crippen LogP contribution in [0.5, 0.6) is 0 Å². The first-order valence-electron chi connectivity index (χ1n) is 11.4. The van der Waals surface area contributed by atoms with Gasteiger partial charge in [0.05, 0.1) is 19.4 Å². The van der Waals surface area contributed by atoms with Crippen molar-refractivity contribution in [1.29, 1.82) is 0 Å². The summed E-state index contributed by atoms with van der Waals surface area (Å²) >= 11 is 1.30. The summed E-state index contributed by atoms with van der Waals surface area (Å²) in [5.74, 6) is -7.31. The number of carboxylic acids is 4. The smallest absolute Gasteiger partial charge is 0.414 e. The topological polar surface area (TPSA) is 224 Å². The first kappa shape index (κ1) is 32.7. The Labute approximate surface area is 226 Å². The van der Waals surface area contributed by atoms with Crippen molar-refractivity contribution in [3.05, 3.63) is 29.3 Å². The summed E-state index contributed by atoms with van der Waals surface area (Å²) in [5, 5.41) is 34.8. The van der Waals surface area contributed by atoms with Gasteiger partial charge in [-0.2, -0.15) is 0 Å². The number of piperazine rings is 1. The van der Waals surface area contributed by atoms with Crippen LogP contribution in [0, 0.1) is 0 Å².